The molecule has 156 valence electrons. The number of aromatic nitrogens is 5. The van der Waals surface area contributed by atoms with E-state index in [-0.39, 0.29) is 0 Å². The predicted molar refractivity (Wildman–Crippen MR) is 134 cm³/mol. The molecule has 1 N–H and O–H groups in total. The summed E-state index contributed by atoms with van der Waals surface area (Å²) in [6.45, 7) is 3.95. The van der Waals surface area contributed by atoms with Gasteiger partial charge in [-0.2, -0.15) is 5.10 Å². The summed E-state index contributed by atoms with van der Waals surface area (Å²) in [6.07, 6.45) is 2.13. The molecule has 4 rings (SSSR count). The molecule has 0 aliphatic heterocycles. The number of fused-ring (bicyclic) bond motifs is 1. The third-order valence-corrected chi connectivity index (χ3v) is 8.11. The second kappa shape index (κ2) is 8.53. The van der Waals surface area contributed by atoms with Gasteiger partial charge in [-0.1, -0.05) is 17.7 Å². The summed E-state index contributed by atoms with van der Waals surface area (Å²) in [5.74, 6) is 0.871. The normalized spacial score (nSPS) is 12.9. The lowest BCUT2D eigenvalue weighted by Crippen LogP contribution is -2.00. The first-order chi connectivity index (χ1) is 14.3. The molecular formula is C19H19ClIN6OPS. The number of nitrogens with zero attached hydrogens (tertiary/aromatic N) is 5. The number of anilines is 2. The van der Waals surface area contributed by atoms with Crippen molar-refractivity contribution < 1.29 is 4.21 Å². The fourth-order valence-electron chi connectivity index (χ4n) is 3.19. The molecule has 0 fully saturated rings. The van der Waals surface area contributed by atoms with Gasteiger partial charge in [0.15, 0.2) is 5.65 Å². The van der Waals surface area contributed by atoms with E-state index in [4.69, 9.17) is 11.6 Å². The Morgan fingerprint density at radius 1 is 1.17 bits per heavy atom. The molecule has 2 atom stereocenters. The standard InChI is InChI=1S/C19H19ClIN6OPS/c1-10-7-14(25-26(10)3)12-5-6-13(16(8-12)30(4)28)23-15-9-17(20)24-19-18(15)22-11(2)27(19)29-21/h5-9,29H,1-4H3,(H,23,24). The van der Waals surface area contributed by atoms with Gasteiger partial charge < -0.3 is 5.32 Å². The maximum atomic E-state index is 12.5. The number of benzene rings is 1. The average molecular weight is 573 g/mol. The highest BCUT2D eigenvalue weighted by Crippen LogP contribution is 2.36. The molecule has 4 aromatic rings. The largest absolute Gasteiger partial charge is 0.353 e. The van der Waals surface area contributed by atoms with Crippen LogP contribution in [0, 0.1) is 13.8 Å². The Kier molecular flexibility index (Phi) is 6.16. The zero-order chi connectivity index (χ0) is 21.6. The molecule has 1 aromatic carbocycles. The Bertz CT molecular complexity index is 1280. The van der Waals surface area contributed by atoms with Crippen LogP contribution >= 0.6 is 40.0 Å². The minimum atomic E-state index is -1.21. The number of nitrogens with one attached hydrogen (secondary N) is 1. The SMILES string of the molecule is Cc1cc(-c2ccc(Nc3cc(Cl)nc4c3nc(C)n4PI)c(S(C)=O)c2)nn1C. The van der Waals surface area contributed by atoms with Crippen molar-refractivity contribution in [1.82, 2.24) is 24.1 Å². The summed E-state index contributed by atoms with van der Waals surface area (Å²) >= 11 is 8.59. The minimum absolute atomic E-state index is 0.376. The van der Waals surface area contributed by atoms with Crippen LogP contribution in [0.15, 0.2) is 35.2 Å². The number of aryl methyl sites for hydroxylation is 3. The lowest BCUT2D eigenvalue weighted by molar-refractivity contribution is 0.687. The van der Waals surface area contributed by atoms with Gasteiger partial charge in [0.2, 0.25) is 0 Å². The molecule has 2 unspecified atom stereocenters. The molecule has 0 amide bonds. The average Bonchev–Trinajstić information content (AvgIpc) is 3.20. The summed E-state index contributed by atoms with van der Waals surface area (Å²) in [5.41, 5.74) is 5.75. The summed E-state index contributed by atoms with van der Waals surface area (Å²) in [5, 5.41) is 8.28. The zero-order valence-corrected chi connectivity index (χ0v) is 21.4. The number of rotatable bonds is 5. The lowest BCUT2D eigenvalue weighted by Gasteiger charge is -2.13. The van der Waals surface area contributed by atoms with Crippen LogP contribution in [-0.2, 0) is 17.8 Å². The molecule has 0 aliphatic rings. The monoisotopic (exact) mass is 572 g/mol. The van der Waals surface area contributed by atoms with Crippen LogP contribution in [0.3, 0.4) is 0 Å². The van der Waals surface area contributed by atoms with Gasteiger partial charge in [0.05, 0.1) is 39.1 Å². The number of halogens is 2. The molecule has 0 bridgehead atoms. The zero-order valence-electron chi connectivity index (χ0n) is 16.7. The molecule has 11 heteroatoms. The third-order valence-electron chi connectivity index (χ3n) is 4.81. The van der Waals surface area contributed by atoms with E-state index in [0.717, 1.165) is 45.3 Å². The quantitative estimate of drug-likeness (QED) is 0.198. The van der Waals surface area contributed by atoms with Gasteiger partial charge in [-0.05, 0) is 54.1 Å². The van der Waals surface area contributed by atoms with E-state index in [2.05, 4.69) is 42.4 Å². The van der Waals surface area contributed by atoms with Crippen LogP contribution in [0.25, 0.3) is 22.4 Å². The van der Waals surface area contributed by atoms with Crippen LogP contribution in [-0.4, -0.2) is 34.6 Å². The first-order valence-electron chi connectivity index (χ1n) is 8.96. The Hall–Kier alpha value is -1.55. The highest BCUT2D eigenvalue weighted by atomic mass is 127. The van der Waals surface area contributed by atoms with E-state index < -0.39 is 10.8 Å². The second-order valence-corrected chi connectivity index (χ2v) is 10.6. The van der Waals surface area contributed by atoms with Gasteiger partial charge in [0.25, 0.3) is 0 Å². The smallest absolute Gasteiger partial charge is 0.167 e. The molecule has 0 aliphatic carbocycles. The molecule has 3 heterocycles. The van der Waals surface area contributed by atoms with Gasteiger partial charge in [-0.3, -0.25) is 13.2 Å². The van der Waals surface area contributed by atoms with Gasteiger partial charge in [-0.15, -0.1) is 0 Å². The predicted octanol–water partition coefficient (Wildman–Crippen LogP) is 5.37. The third kappa shape index (κ3) is 4.00. The Morgan fingerprint density at radius 3 is 2.57 bits per heavy atom. The summed E-state index contributed by atoms with van der Waals surface area (Å²) in [4.78, 5) is 9.80. The Morgan fingerprint density at radius 2 is 1.93 bits per heavy atom. The van der Waals surface area contributed by atoms with Crippen LogP contribution in [0.2, 0.25) is 5.15 Å². The second-order valence-electron chi connectivity index (χ2n) is 6.83. The number of imidazole rings is 1. The van der Waals surface area contributed by atoms with Crippen LogP contribution < -0.4 is 5.32 Å². The number of hydrogen-bond donors (Lipinski definition) is 1. The van der Waals surface area contributed by atoms with E-state index in [9.17, 15) is 4.21 Å². The number of hydrogen-bond acceptors (Lipinski definition) is 5. The van der Waals surface area contributed by atoms with Crippen molar-refractivity contribution in [3.05, 3.63) is 47.0 Å². The Balaban J connectivity index is 1.81. The van der Waals surface area contributed by atoms with Crippen LogP contribution in [0.5, 0.6) is 0 Å². The Labute approximate surface area is 196 Å². The van der Waals surface area contributed by atoms with Crippen molar-refractivity contribution in [2.75, 3.05) is 11.6 Å². The summed E-state index contributed by atoms with van der Waals surface area (Å²) < 4.78 is 16.4. The highest BCUT2D eigenvalue weighted by Gasteiger charge is 2.17. The fraction of sp³-hybridized carbons (Fsp3) is 0.211. The van der Waals surface area contributed by atoms with E-state index in [0.29, 0.717) is 16.4 Å². The van der Waals surface area contributed by atoms with Gasteiger partial charge in [-0.25, -0.2) is 9.97 Å². The molecule has 0 saturated heterocycles. The first-order valence-corrected chi connectivity index (χ1v) is 15.0. The van der Waals surface area contributed by atoms with Crippen molar-refractivity contribution in [2.24, 2.45) is 7.05 Å². The highest BCUT2D eigenvalue weighted by molar-refractivity contribution is 14.2. The van der Waals surface area contributed by atoms with E-state index in [1.165, 1.54) is 0 Å². The molecule has 0 spiro atoms. The molecule has 7 nitrogen and oxygen atoms in total. The van der Waals surface area contributed by atoms with Crippen LogP contribution in [0.4, 0.5) is 11.4 Å². The molecular weight excluding hydrogens is 554 g/mol. The fourth-order valence-corrected chi connectivity index (χ4v) is 6.24. The lowest BCUT2D eigenvalue weighted by atomic mass is 10.1. The summed E-state index contributed by atoms with van der Waals surface area (Å²) in [6, 6.07) is 9.56. The van der Waals surface area contributed by atoms with Crippen molar-refractivity contribution >= 4 is 73.4 Å². The summed E-state index contributed by atoms with van der Waals surface area (Å²) in [7, 11) is 0.699. The number of pyridine rings is 1. The van der Waals surface area contributed by atoms with Gasteiger partial charge in [0.1, 0.15) is 16.5 Å². The van der Waals surface area contributed by atoms with Crippen molar-refractivity contribution in [3.8, 4) is 11.3 Å². The van der Waals surface area contributed by atoms with Crippen molar-refractivity contribution in [3.63, 3.8) is 0 Å². The molecule has 0 saturated carbocycles. The van der Waals surface area contributed by atoms with E-state index in [1.54, 1.807) is 12.3 Å². The minimum Gasteiger partial charge on any atom is -0.353 e. The molecule has 0 radical (unpaired) electrons. The molecule has 30 heavy (non-hydrogen) atoms. The first kappa shape index (κ1) is 21.7. The maximum absolute atomic E-state index is 12.5. The van der Waals surface area contributed by atoms with Gasteiger partial charge >= 0.3 is 0 Å². The van der Waals surface area contributed by atoms with Crippen molar-refractivity contribution in [2.45, 2.75) is 18.7 Å². The van der Waals surface area contributed by atoms with Gasteiger partial charge in [0, 0.05) is 30.6 Å². The maximum Gasteiger partial charge on any atom is 0.167 e. The van der Waals surface area contributed by atoms with Crippen molar-refractivity contribution in [1.29, 1.82) is 0 Å². The van der Waals surface area contributed by atoms with Crippen LogP contribution in [0.1, 0.15) is 11.5 Å². The molecule has 3 aromatic heterocycles. The van der Waals surface area contributed by atoms with E-state index >= 15 is 0 Å². The topological polar surface area (TPSA) is 77.6 Å². The van der Waals surface area contributed by atoms with E-state index in [1.807, 2.05) is 54.2 Å².